The van der Waals surface area contributed by atoms with E-state index in [4.69, 9.17) is 8.85 Å². The van der Waals surface area contributed by atoms with Gasteiger partial charge in [-0.05, 0) is 31.7 Å². The minimum Gasteiger partial charge on any atom is -0.381 e. The summed E-state index contributed by atoms with van der Waals surface area (Å²) in [4.78, 5) is 13.0. The molecule has 4 aromatic rings. The zero-order valence-corrected chi connectivity index (χ0v) is 14.6. The number of fused-ring (bicyclic) bond motifs is 2. The minimum atomic E-state index is -2.33. The van der Waals surface area contributed by atoms with Crippen molar-refractivity contribution in [2.45, 2.75) is 37.8 Å². The molecule has 0 amide bonds. The highest BCUT2D eigenvalue weighted by Crippen LogP contribution is 2.26. The number of nitrogens with one attached hydrogen (secondary N) is 1. The lowest BCUT2D eigenvalue weighted by atomic mass is 9.93. The summed E-state index contributed by atoms with van der Waals surface area (Å²) in [5.41, 5.74) is 2.84. The second-order valence-corrected chi connectivity index (χ2v) is 6.85. The summed E-state index contributed by atoms with van der Waals surface area (Å²) in [7, 11) is -2.33. The van der Waals surface area contributed by atoms with Crippen LogP contribution in [0.2, 0.25) is 0 Å². The molecule has 138 valence electrons. The summed E-state index contributed by atoms with van der Waals surface area (Å²) < 4.78 is 30.5. The summed E-state index contributed by atoms with van der Waals surface area (Å²) in [6, 6.07) is 2.19. The maximum atomic E-state index is 7.23. The molecule has 0 spiro atoms. The topological polar surface area (TPSA) is 81.6 Å². The van der Waals surface area contributed by atoms with E-state index < -0.39 is 7.04 Å². The molecule has 1 N–H and O–H groups in total. The molecule has 5 rings (SSSR count). The van der Waals surface area contributed by atoms with Crippen LogP contribution in [0.1, 0.15) is 29.8 Å². The molecule has 4 heterocycles. The second-order valence-electron chi connectivity index (χ2n) is 6.85. The van der Waals surface area contributed by atoms with Crippen molar-refractivity contribution >= 4 is 17.2 Å². The van der Waals surface area contributed by atoms with E-state index in [1.165, 1.54) is 0 Å². The molecule has 27 heavy (non-hydrogen) atoms. The third-order valence-corrected chi connectivity index (χ3v) is 5.15. The lowest BCUT2D eigenvalue weighted by Crippen LogP contribution is -2.30. The van der Waals surface area contributed by atoms with Crippen molar-refractivity contribution in [1.82, 2.24) is 29.0 Å². The van der Waals surface area contributed by atoms with Crippen molar-refractivity contribution < 1.29 is 8.85 Å². The van der Waals surface area contributed by atoms with Gasteiger partial charge in [0.1, 0.15) is 0 Å². The van der Waals surface area contributed by atoms with Gasteiger partial charge < -0.3 is 10.1 Å². The molecule has 0 aliphatic heterocycles. The van der Waals surface area contributed by atoms with Gasteiger partial charge in [-0.25, -0.2) is 19.5 Å². The predicted octanol–water partition coefficient (Wildman–Crippen LogP) is 2.81. The van der Waals surface area contributed by atoms with E-state index in [1.807, 2.05) is 29.1 Å². The Bertz CT molecular complexity index is 1180. The minimum absolute atomic E-state index is 0.196. The molecule has 0 bridgehead atoms. The van der Waals surface area contributed by atoms with E-state index >= 15 is 0 Å². The highest BCUT2D eigenvalue weighted by molar-refractivity contribution is 5.79. The fourth-order valence-electron chi connectivity index (χ4n) is 3.67. The monoisotopic (exact) mass is 366 g/mol. The molecule has 0 radical (unpaired) electrons. The third-order valence-electron chi connectivity index (χ3n) is 5.15. The molecule has 8 heteroatoms. The zero-order chi connectivity index (χ0) is 20.7. The number of aromatic nitrogens is 6. The third kappa shape index (κ3) is 3.02. The maximum Gasteiger partial charge on any atom is 0.241 e. The van der Waals surface area contributed by atoms with E-state index in [0.717, 1.165) is 29.5 Å². The molecule has 0 atom stereocenters. The van der Waals surface area contributed by atoms with Crippen LogP contribution in [0, 0.1) is 0 Å². The van der Waals surface area contributed by atoms with Crippen molar-refractivity contribution in [3.63, 3.8) is 0 Å². The van der Waals surface area contributed by atoms with Crippen molar-refractivity contribution in [3.8, 4) is 11.1 Å². The Morgan fingerprint density at radius 3 is 2.96 bits per heavy atom. The Kier molecular flexibility index (Phi) is 3.24. The molecule has 8 nitrogen and oxygen atoms in total. The molecule has 1 fully saturated rings. The summed E-state index contributed by atoms with van der Waals surface area (Å²) in [5.74, 6) is 1.21. The number of methoxy groups -OCH3 is 1. The van der Waals surface area contributed by atoms with Gasteiger partial charge >= 0.3 is 0 Å². The molecule has 0 aromatic carbocycles. The highest BCUT2D eigenvalue weighted by atomic mass is 16.5. The molecule has 1 aliphatic rings. The summed E-state index contributed by atoms with van der Waals surface area (Å²) >= 11 is 0. The van der Waals surface area contributed by atoms with Gasteiger partial charge in [0.25, 0.3) is 0 Å². The SMILES string of the molecule is [2H]C([2H])([2H])O[C@H]1CC[C@@H](Nc2ncc3c(-c4cnc5nccn5c4)ccn3n2)CC1. The Morgan fingerprint density at radius 1 is 1.15 bits per heavy atom. The van der Waals surface area contributed by atoms with Crippen LogP contribution in [0.4, 0.5) is 5.95 Å². The normalized spacial score (nSPS) is 22.4. The van der Waals surface area contributed by atoms with Crippen molar-refractivity contribution in [3.05, 3.63) is 43.2 Å². The number of nitrogens with zero attached hydrogens (tertiary/aromatic N) is 6. The van der Waals surface area contributed by atoms with Gasteiger partial charge in [0.05, 0.1) is 21.9 Å². The fourth-order valence-corrected chi connectivity index (χ4v) is 3.67. The van der Waals surface area contributed by atoms with Gasteiger partial charge in [-0.1, -0.05) is 0 Å². The molecule has 1 saturated carbocycles. The van der Waals surface area contributed by atoms with Crippen LogP contribution in [0.5, 0.6) is 0 Å². The standard InChI is InChI=1S/C19H21N7O/c1-27-15-4-2-14(3-5-15)23-18-21-11-17-16(6-8-26(17)24-18)13-10-22-19-20-7-9-25(19)12-13/h6-12,14-15H,2-5H2,1H3,(H,23,24)/t14-,15+/i1D3. The van der Waals surface area contributed by atoms with E-state index in [1.54, 1.807) is 23.1 Å². The Balaban J connectivity index is 1.29. The Morgan fingerprint density at radius 2 is 2.07 bits per heavy atom. The van der Waals surface area contributed by atoms with Crippen LogP contribution < -0.4 is 5.32 Å². The molecule has 1 aliphatic carbocycles. The predicted molar refractivity (Wildman–Crippen MR) is 102 cm³/mol. The van der Waals surface area contributed by atoms with Crippen LogP contribution in [0.3, 0.4) is 0 Å². The molecule has 0 saturated heterocycles. The molecular weight excluding hydrogens is 342 g/mol. The lowest BCUT2D eigenvalue weighted by Gasteiger charge is -2.28. The summed E-state index contributed by atoms with van der Waals surface area (Å²) in [6.45, 7) is 0. The van der Waals surface area contributed by atoms with Gasteiger partial charge in [0.2, 0.25) is 11.7 Å². The average Bonchev–Trinajstić information content (AvgIpc) is 3.34. The maximum absolute atomic E-state index is 7.23. The van der Waals surface area contributed by atoms with Gasteiger partial charge in [0.15, 0.2) is 0 Å². The van der Waals surface area contributed by atoms with Crippen LogP contribution in [-0.2, 0) is 4.74 Å². The second kappa shape index (κ2) is 6.62. The smallest absolute Gasteiger partial charge is 0.241 e. The van der Waals surface area contributed by atoms with Crippen LogP contribution in [0.15, 0.2) is 43.2 Å². The van der Waals surface area contributed by atoms with E-state index in [2.05, 4.69) is 25.4 Å². The van der Waals surface area contributed by atoms with Gasteiger partial charge in [-0.3, -0.25) is 4.40 Å². The van der Waals surface area contributed by atoms with Crippen LogP contribution in [-0.4, -0.2) is 48.2 Å². The first-order valence-electron chi connectivity index (χ1n) is 10.5. The first kappa shape index (κ1) is 13.2. The first-order chi connectivity index (χ1) is 14.4. The van der Waals surface area contributed by atoms with E-state index in [9.17, 15) is 0 Å². The van der Waals surface area contributed by atoms with Crippen molar-refractivity contribution in [2.75, 3.05) is 12.4 Å². The molecular formula is C19H21N7O. The first-order valence-corrected chi connectivity index (χ1v) is 9.02. The fraction of sp³-hybridized carbons (Fsp3) is 0.368. The van der Waals surface area contributed by atoms with Crippen LogP contribution in [0.25, 0.3) is 22.4 Å². The highest BCUT2D eigenvalue weighted by Gasteiger charge is 2.21. The largest absolute Gasteiger partial charge is 0.381 e. The van der Waals surface area contributed by atoms with Crippen molar-refractivity contribution in [2.24, 2.45) is 0 Å². The quantitative estimate of drug-likeness (QED) is 0.598. The zero-order valence-electron chi connectivity index (χ0n) is 17.6. The number of rotatable bonds is 4. The number of anilines is 1. The van der Waals surface area contributed by atoms with E-state index in [-0.39, 0.29) is 12.1 Å². The molecule has 0 unspecified atom stereocenters. The number of ether oxygens (including phenoxy) is 1. The number of imidazole rings is 1. The number of hydrogen-bond acceptors (Lipinski definition) is 6. The summed E-state index contributed by atoms with van der Waals surface area (Å²) in [6.07, 6.45) is 13.9. The van der Waals surface area contributed by atoms with Crippen molar-refractivity contribution in [1.29, 1.82) is 0 Å². The van der Waals surface area contributed by atoms with Gasteiger partial charge in [-0.2, -0.15) is 0 Å². The average molecular weight is 366 g/mol. The van der Waals surface area contributed by atoms with Gasteiger partial charge in [-0.15, -0.1) is 5.10 Å². The molecule has 4 aromatic heterocycles. The summed E-state index contributed by atoms with van der Waals surface area (Å²) in [5, 5.41) is 7.94. The lowest BCUT2D eigenvalue weighted by molar-refractivity contribution is 0.0681. The van der Waals surface area contributed by atoms with Crippen LogP contribution >= 0.6 is 0 Å². The Hall–Kier alpha value is -3.00. The Labute approximate surface area is 160 Å². The van der Waals surface area contributed by atoms with Gasteiger partial charge in [0, 0.05) is 55.2 Å². The number of hydrogen-bond donors (Lipinski definition) is 1. The van der Waals surface area contributed by atoms with E-state index in [0.29, 0.717) is 24.6 Å².